The van der Waals surface area contributed by atoms with Crippen molar-refractivity contribution in [2.24, 2.45) is 0 Å². The van der Waals surface area contributed by atoms with Gasteiger partial charge in [-0.2, -0.15) is 11.8 Å². The normalized spacial score (nSPS) is 24.1. The minimum absolute atomic E-state index is 0.314. The van der Waals surface area contributed by atoms with Crippen molar-refractivity contribution in [3.05, 3.63) is 18.0 Å². The first-order valence-corrected chi connectivity index (χ1v) is 5.75. The second-order valence-corrected chi connectivity index (χ2v) is 5.87. The van der Waals surface area contributed by atoms with Crippen LogP contribution in [-0.4, -0.2) is 26.5 Å². The van der Waals surface area contributed by atoms with E-state index in [1.165, 1.54) is 0 Å². The van der Waals surface area contributed by atoms with Crippen LogP contribution < -0.4 is 5.32 Å². The Kier molecular flexibility index (Phi) is 2.39. The molecule has 2 heterocycles. The van der Waals surface area contributed by atoms with E-state index >= 15 is 0 Å². The molecule has 1 N–H and O–H groups in total. The fraction of sp³-hybridized carbons (Fsp3) is 0.600. The van der Waals surface area contributed by atoms with Crippen molar-refractivity contribution in [1.29, 1.82) is 0 Å². The summed E-state index contributed by atoms with van der Waals surface area (Å²) in [5.41, 5.74) is 1.10. The summed E-state index contributed by atoms with van der Waals surface area (Å²) in [7, 11) is 0. The van der Waals surface area contributed by atoms with E-state index in [4.69, 9.17) is 0 Å². The fourth-order valence-corrected chi connectivity index (χ4v) is 2.48. The van der Waals surface area contributed by atoms with Gasteiger partial charge in [-0.3, -0.25) is 0 Å². The van der Waals surface area contributed by atoms with Crippen molar-refractivity contribution < 1.29 is 0 Å². The summed E-state index contributed by atoms with van der Waals surface area (Å²) in [6.45, 7) is 6.48. The molecule has 1 atom stereocenters. The van der Waals surface area contributed by atoms with Crippen molar-refractivity contribution in [2.45, 2.75) is 31.6 Å². The molecule has 0 radical (unpaired) electrons. The predicted molar refractivity (Wildman–Crippen MR) is 60.7 cm³/mol. The van der Waals surface area contributed by atoms with Gasteiger partial charge >= 0.3 is 0 Å². The number of aryl methyl sites for hydroxylation is 1. The second-order valence-electron chi connectivity index (χ2n) is 4.20. The Labute approximate surface area is 88.7 Å². The van der Waals surface area contributed by atoms with Crippen LogP contribution in [0.3, 0.4) is 0 Å². The Morgan fingerprint density at radius 1 is 1.43 bits per heavy atom. The van der Waals surface area contributed by atoms with E-state index in [0.717, 1.165) is 17.3 Å². The van der Waals surface area contributed by atoms with E-state index in [2.05, 4.69) is 29.1 Å². The van der Waals surface area contributed by atoms with Crippen LogP contribution in [0.5, 0.6) is 0 Å². The number of anilines is 1. The lowest BCUT2D eigenvalue weighted by Crippen LogP contribution is -2.50. The summed E-state index contributed by atoms with van der Waals surface area (Å²) >= 11 is 1.97. The van der Waals surface area contributed by atoms with Crippen LogP contribution in [0.15, 0.2) is 12.4 Å². The van der Waals surface area contributed by atoms with E-state index in [1.54, 1.807) is 0 Å². The van der Waals surface area contributed by atoms with Gasteiger partial charge in [-0.05, 0) is 26.3 Å². The van der Waals surface area contributed by atoms with Crippen LogP contribution in [0.1, 0.15) is 19.4 Å². The van der Waals surface area contributed by atoms with E-state index in [9.17, 15) is 0 Å². The van der Waals surface area contributed by atoms with E-state index in [0.29, 0.717) is 10.8 Å². The highest BCUT2D eigenvalue weighted by atomic mass is 32.2. The van der Waals surface area contributed by atoms with Crippen molar-refractivity contribution >= 4 is 17.7 Å². The van der Waals surface area contributed by atoms with Crippen molar-refractivity contribution in [1.82, 2.24) is 9.97 Å². The summed E-state index contributed by atoms with van der Waals surface area (Å²) in [6.07, 6.45) is 3.68. The monoisotopic (exact) mass is 209 g/mol. The summed E-state index contributed by atoms with van der Waals surface area (Å²) in [5.74, 6) is 1.89. The third-order valence-electron chi connectivity index (χ3n) is 2.55. The number of rotatable bonds is 2. The maximum atomic E-state index is 4.23. The second kappa shape index (κ2) is 3.42. The summed E-state index contributed by atoms with van der Waals surface area (Å²) < 4.78 is 0.314. The summed E-state index contributed by atoms with van der Waals surface area (Å²) in [5, 5.41) is 3.35. The molecule has 14 heavy (non-hydrogen) atoms. The van der Waals surface area contributed by atoms with Crippen molar-refractivity contribution in [2.75, 3.05) is 11.1 Å². The lowest BCUT2D eigenvalue weighted by atomic mass is 10.0. The van der Waals surface area contributed by atoms with Gasteiger partial charge in [0.2, 0.25) is 5.95 Å². The molecular weight excluding hydrogens is 194 g/mol. The lowest BCUT2D eigenvalue weighted by molar-refractivity contribution is 0.572. The molecule has 1 saturated heterocycles. The average molecular weight is 209 g/mol. The van der Waals surface area contributed by atoms with Crippen LogP contribution in [-0.2, 0) is 0 Å². The Morgan fingerprint density at radius 2 is 2.07 bits per heavy atom. The molecule has 0 amide bonds. The maximum absolute atomic E-state index is 4.23. The zero-order valence-electron chi connectivity index (χ0n) is 8.74. The van der Waals surface area contributed by atoms with Crippen LogP contribution in [0, 0.1) is 6.92 Å². The van der Waals surface area contributed by atoms with Crippen LogP contribution in [0.2, 0.25) is 0 Å². The van der Waals surface area contributed by atoms with E-state index in [-0.39, 0.29) is 0 Å². The first-order chi connectivity index (χ1) is 6.58. The average Bonchev–Trinajstić information content (AvgIpc) is 2.15. The number of hydrogen-bond donors (Lipinski definition) is 1. The van der Waals surface area contributed by atoms with Crippen LogP contribution >= 0.6 is 11.8 Å². The van der Waals surface area contributed by atoms with Crippen LogP contribution in [0.4, 0.5) is 5.95 Å². The minimum Gasteiger partial charge on any atom is -0.349 e. The molecule has 1 unspecified atom stereocenters. The zero-order chi connectivity index (χ0) is 10.2. The zero-order valence-corrected chi connectivity index (χ0v) is 9.56. The fourth-order valence-electron chi connectivity index (χ4n) is 1.34. The molecule has 1 aliphatic rings. The number of thioether (sulfide) groups is 1. The molecule has 0 spiro atoms. The Morgan fingerprint density at radius 3 is 2.50 bits per heavy atom. The van der Waals surface area contributed by atoms with Gasteiger partial charge in [0.25, 0.3) is 0 Å². The quantitative estimate of drug-likeness (QED) is 0.809. The van der Waals surface area contributed by atoms with Crippen molar-refractivity contribution in [3.63, 3.8) is 0 Å². The van der Waals surface area contributed by atoms with Gasteiger partial charge in [0.15, 0.2) is 0 Å². The van der Waals surface area contributed by atoms with Gasteiger partial charge in [-0.1, -0.05) is 0 Å². The molecule has 2 rings (SSSR count). The first-order valence-electron chi connectivity index (χ1n) is 4.77. The molecule has 3 nitrogen and oxygen atoms in total. The molecule has 0 saturated carbocycles. The Hall–Kier alpha value is -0.770. The standard InChI is InChI=1S/C10H15N3S/c1-7-4-11-9(12-5-7)13-8-6-14-10(8,2)3/h4-5,8H,6H2,1-3H3,(H,11,12,13). The minimum atomic E-state index is 0.314. The Bertz CT molecular complexity index is 321. The Balaban J connectivity index is 2.01. The van der Waals surface area contributed by atoms with Gasteiger partial charge in [0.1, 0.15) is 0 Å². The molecule has 1 aliphatic heterocycles. The van der Waals surface area contributed by atoms with Gasteiger partial charge < -0.3 is 5.32 Å². The molecular formula is C10H15N3S. The lowest BCUT2D eigenvalue weighted by Gasteiger charge is -2.43. The molecule has 1 fully saturated rings. The van der Waals surface area contributed by atoms with Gasteiger partial charge in [0.05, 0.1) is 6.04 Å². The van der Waals surface area contributed by atoms with Gasteiger partial charge in [-0.25, -0.2) is 9.97 Å². The highest BCUT2D eigenvalue weighted by Crippen LogP contribution is 2.41. The predicted octanol–water partition coefficient (Wildman–Crippen LogP) is 2.09. The van der Waals surface area contributed by atoms with Crippen LogP contribution in [0.25, 0.3) is 0 Å². The summed E-state index contributed by atoms with van der Waals surface area (Å²) in [4.78, 5) is 8.47. The van der Waals surface area contributed by atoms with Gasteiger partial charge in [-0.15, -0.1) is 0 Å². The highest BCUT2D eigenvalue weighted by molar-refractivity contribution is 8.02. The third kappa shape index (κ3) is 1.85. The molecule has 0 aromatic carbocycles. The molecule has 0 bridgehead atoms. The highest BCUT2D eigenvalue weighted by Gasteiger charge is 2.39. The number of aromatic nitrogens is 2. The smallest absolute Gasteiger partial charge is 0.222 e. The molecule has 76 valence electrons. The molecule has 1 aromatic heterocycles. The SMILES string of the molecule is Cc1cnc(NC2CSC2(C)C)nc1. The van der Waals surface area contributed by atoms with E-state index < -0.39 is 0 Å². The number of nitrogens with zero attached hydrogens (tertiary/aromatic N) is 2. The number of hydrogen-bond acceptors (Lipinski definition) is 4. The first kappa shape index (κ1) is 9.77. The third-order valence-corrected chi connectivity index (χ3v) is 4.07. The molecule has 4 heteroatoms. The largest absolute Gasteiger partial charge is 0.349 e. The van der Waals surface area contributed by atoms with Crippen molar-refractivity contribution in [3.8, 4) is 0 Å². The molecule has 0 aliphatic carbocycles. The van der Waals surface area contributed by atoms with Gasteiger partial charge in [0, 0.05) is 22.9 Å². The topological polar surface area (TPSA) is 37.8 Å². The maximum Gasteiger partial charge on any atom is 0.222 e. The molecule has 1 aromatic rings. The number of nitrogens with one attached hydrogen (secondary N) is 1. The van der Waals surface area contributed by atoms with E-state index in [1.807, 2.05) is 31.1 Å². The summed E-state index contributed by atoms with van der Waals surface area (Å²) in [6, 6.07) is 0.496.